The normalized spacial score (nSPS) is 18.1. The molecule has 1 saturated heterocycles. The van der Waals surface area contributed by atoms with E-state index in [1.54, 1.807) is 7.11 Å². The molecule has 0 radical (unpaired) electrons. The van der Waals surface area contributed by atoms with Crippen molar-refractivity contribution in [2.24, 2.45) is 0 Å². The summed E-state index contributed by atoms with van der Waals surface area (Å²) in [5.41, 5.74) is 1.14. The number of morpholine rings is 1. The van der Waals surface area contributed by atoms with Crippen LogP contribution in [0, 0.1) is 0 Å². The SMILES string of the molecule is COCCCCN(Cc1ccccc1)C(=O)C1CNCCO1. The van der Waals surface area contributed by atoms with Gasteiger partial charge >= 0.3 is 0 Å². The van der Waals surface area contributed by atoms with Crippen molar-refractivity contribution in [2.45, 2.75) is 25.5 Å². The Hall–Kier alpha value is -1.43. The van der Waals surface area contributed by atoms with Gasteiger partial charge in [0.25, 0.3) is 5.91 Å². The van der Waals surface area contributed by atoms with Crippen molar-refractivity contribution in [3.8, 4) is 0 Å². The van der Waals surface area contributed by atoms with Crippen LogP contribution in [0.1, 0.15) is 18.4 Å². The van der Waals surface area contributed by atoms with Gasteiger partial charge < -0.3 is 19.7 Å². The van der Waals surface area contributed by atoms with E-state index in [4.69, 9.17) is 9.47 Å². The van der Waals surface area contributed by atoms with Crippen LogP contribution in [0.15, 0.2) is 30.3 Å². The summed E-state index contributed by atoms with van der Waals surface area (Å²) < 4.78 is 10.7. The molecule has 1 aromatic carbocycles. The van der Waals surface area contributed by atoms with Crippen LogP contribution in [-0.4, -0.2) is 56.9 Å². The second kappa shape index (κ2) is 9.56. The van der Waals surface area contributed by atoms with Crippen LogP contribution < -0.4 is 5.32 Å². The van der Waals surface area contributed by atoms with Gasteiger partial charge in [0, 0.05) is 39.9 Å². The lowest BCUT2D eigenvalue weighted by atomic mass is 10.1. The molecule has 5 nitrogen and oxygen atoms in total. The molecule has 1 aliphatic heterocycles. The molecular formula is C17H26N2O3. The molecule has 5 heteroatoms. The Morgan fingerprint density at radius 2 is 2.18 bits per heavy atom. The zero-order valence-corrected chi connectivity index (χ0v) is 13.3. The van der Waals surface area contributed by atoms with Gasteiger partial charge in [-0.1, -0.05) is 30.3 Å². The van der Waals surface area contributed by atoms with E-state index in [2.05, 4.69) is 17.4 Å². The van der Waals surface area contributed by atoms with Gasteiger partial charge in [0.2, 0.25) is 0 Å². The van der Waals surface area contributed by atoms with Crippen LogP contribution in [-0.2, 0) is 20.8 Å². The Kier molecular flexibility index (Phi) is 7.36. The molecule has 0 aliphatic carbocycles. The molecule has 2 rings (SSSR count). The smallest absolute Gasteiger partial charge is 0.253 e. The van der Waals surface area contributed by atoms with Crippen molar-refractivity contribution in [3.63, 3.8) is 0 Å². The van der Waals surface area contributed by atoms with Crippen molar-refractivity contribution >= 4 is 5.91 Å². The number of rotatable bonds is 8. The Morgan fingerprint density at radius 1 is 1.36 bits per heavy atom. The molecule has 1 fully saturated rings. The molecule has 1 aliphatic rings. The Labute approximate surface area is 132 Å². The number of unbranched alkanes of at least 4 members (excludes halogenated alkanes) is 1. The van der Waals surface area contributed by atoms with E-state index in [-0.39, 0.29) is 12.0 Å². The van der Waals surface area contributed by atoms with Crippen molar-refractivity contribution in [3.05, 3.63) is 35.9 Å². The van der Waals surface area contributed by atoms with E-state index in [1.165, 1.54) is 0 Å². The summed E-state index contributed by atoms with van der Waals surface area (Å²) in [7, 11) is 1.70. The van der Waals surface area contributed by atoms with Crippen molar-refractivity contribution in [1.82, 2.24) is 10.2 Å². The molecule has 1 heterocycles. The number of methoxy groups -OCH3 is 1. The lowest BCUT2D eigenvalue weighted by Crippen LogP contribution is -2.49. The van der Waals surface area contributed by atoms with Crippen LogP contribution in [0.25, 0.3) is 0 Å². The average Bonchev–Trinajstić information content (AvgIpc) is 2.59. The fourth-order valence-corrected chi connectivity index (χ4v) is 2.55. The first-order valence-electron chi connectivity index (χ1n) is 7.95. The molecule has 0 saturated carbocycles. The van der Waals surface area contributed by atoms with E-state index < -0.39 is 0 Å². The van der Waals surface area contributed by atoms with Crippen LogP contribution in [0.4, 0.5) is 0 Å². The third kappa shape index (κ3) is 5.40. The summed E-state index contributed by atoms with van der Waals surface area (Å²) >= 11 is 0. The van der Waals surface area contributed by atoms with Gasteiger partial charge in [-0.25, -0.2) is 0 Å². The third-order valence-electron chi connectivity index (χ3n) is 3.76. The highest BCUT2D eigenvalue weighted by atomic mass is 16.5. The predicted molar refractivity (Wildman–Crippen MR) is 85.6 cm³/mol. The summed E-state index contributed by atoms with van der Waals surface area (Å²) in [6.07, 6.45) is 1.53. The van der Waals surface area contributed by atoms with Crippen LogP contribution in [0.3, 0.4) is 0 Å². The van der Waals surface area contributed by atoms with Gasteiger partial charge in [0.15, 0.2) is 0 Å². The fraction of sp³-hybridized carbons (Fsp3) is 0.588. The molecule has 0 spiro atoms. The third-order valence-corrected chi connectivity index (χ3v) is 3.76. The van der Waals surface area contributed by atoms with Crippen molar-refractivity contribution in [1.29, 1.82) is 0 Å². The second-order valence-corrected chi connectivity index (χ2v) is 5.51. The largest absolute Gasteiger partial charge is 0.385 e. The summed E-state index contributed by atoms with van der Waals surface area (Å²) in [6.45, 7) is 4.11. The first-order valence-corrected chi connectivity index (χ1v) is 7.95. The summed E-state index contributed by atoms with van der Waals surface area (Å²) in [5.74, 6) is 0.0773. The molecule has 1 atom stereocenters. The van der Waals surface area contributed by atoms with E-state index in [9.17, 15) is 4.79 Å². The Morgan fingerprint density at radius 3 is 2.86 bits per heavy atom. The maximum atomic E-state index is 12.7. The number of nitrogens with one attached hydrogen (secondary N) is 1. The monoisotopic (exact) mass is 306 g/mol. The maximum absolute atomic E-state index is 12.7. The summed E-state index contributed by atoms with van der Waals surface area (Å²) in [4.78, 5) is 14.6. The molecule has 1 amide bonds. The van der Waals surface area contributed by atoms with E-state index in [0.29, 0.717) is 19.7 Å². The average molecular weight is 306 g/mol. The quantitative estimate of drug-likeness (QED) is 0.738. The van der Waals surface area contributed by atoms with Crippen LogP contribution in [0.2, 0.25) is 0 Å². The number of amides is 1. The molecule has 122 valence electrons. The minimum absolute atomic E-state index is 0.0773. The second-order valence-electron chi connectivity index (χ2n) is 5.51. The summed E-state index contributed by atoms with van der Waals surface area (Å²) in [5, 5.41) is 3.22. The first kappa shape index (κ1) is 16.9. The predicted octanol–water partition coefficient (Wildman–Crippen LogP) is 1.43. The van der Waals surface area contributed by atoms with Crippen molar-refractivity contribution in [2.75, 3.05) is 40.0 Å². The minimum Gasteiger partial charge on any atom is -0.385 e. The van der Waals surface area contributed by atoms with E-state index >= 15 is 0 Å². The zero-order chi connectivity index (χ0) is 15.6. The highest BCUT2D eigenvalue weighted by Crippen LogP contribution is 2.10. The zero-order valence-electron chi connectivity index (χ0n) is 13.3. The molecule has 0 aromatic heterocycles. The number of carbonyl (C=O) groups is 1. The molecule has 22 heavy (non-hydrogen) atoms. The maximum Gasteiger partial charge on any atom is 0.253 e. The molecule has 1 unspecified atom stereocenters. The van der Waals surface area contributed by atoms with Crippen molar-refractivity contribution < 1.29 is 14.3 Å². The molecule has 1 aromatic rings. The number of nitrogens with zero attached hydrogens (tertiary/aromatic N) is 1. The number of hydrogen-bond acceptors (Lipinski definition) is 4. The molecule has 0 bridgehead atoms. The summed E-state index contributed by atoms with van der Waals surface area (Å²) in [6, 6.07) is 10.1. The first-order chi connectivity index (χ1) is 10.8. The lowest BCUT2D eigenvalue weighted by Gasteiger charge is -2.30. The van der Waals surface area contributed by atoms with Crippen LogP contribution >= 0.6 is 0 Å². The van der Waals surface area contributed by atoms with E-state index in [0.717, 1.165) is 38.1 Å². The van der Waals surface area contributed by atoms with Gasteiger partial charge in [0.05, 0.1) is 6.61 Å². The number of hydrogen-bond donors (Lipinski definition) is 1. The Bertz CT molecular complexity index is 433. The van der Waals surface area contributed by atoms with Gasteiger partial charge in [-0.05, 0) is 18.4 Å². The molecule has 1 N–H and O–H groups in total. The standard InChI is InChI=1S/C17H26N2O3/c1-21-11-6-5-10-19(14-15-7-3-2-4-8-15)17(20)16-13-18-9-12-22-16/h2-4,7-8,16,18H,5-6,9-14H2,1H3. The highest BCUT2D eigenvalue weighted by molar-refractivity contribution is 5.81. The van der Waals surface area contributed by atoms with Gasteiger partial charge in [-0.2, -0.15) is 0 Å². The highest BCUT2D eigenvalue weighted by Gasteiger charge is 2.26. The van der Waals surface area contributed by atoms with Crippen LogP contribution in [0.5, 0.6) is 0 Å². The number of ether oxygens (including phenoxy) is 2. The number of benzene rings is 1. The van der Waals surface area contributed by atoms with Gasteiger partial charge in [-0.15, -0.1) is 0 Å². The fourth-order valence-electron chi connectivity index (χ4n) is 2.55. The molecular weight excluding hydrogens is 280 g/mol. The van der Waals surface area contributed by atoms with Gasteiger partial charge in [0.1, 0.15) is 6.10 Å². The minimum atomic E-state index is -0.361. The van der Waals surface area contributed by atoms with E-state index in [1.807, 2.05) is 23.1 Å². The number of carbonyl (C=O) groups excluding carboxylic acids is 1. The Balaban J connectivity index is 1.94. The lowest BCUT2D eigenvalue weighted by molar-refractivity contribution is -0.146. The topological polar surface area (TPSA) is 50.8 Å². The van der Waals surface area contributed by atoms with Gasteiger partial charge in [-0.3, -0.25) is 4.79 Å².